The first-order valence-electron chi connectivity index (χ1n) is 11.8. The number of rotatable bonds is 7. The predicted octanol–water partition coefficient (Wildman–Crippen LogP) is 4.31. The molecule has 2 aromatic heterocycles. The van der Waals surface area contributed by atoms with Crippen molar-refractivity contribution < 1.29 is 4.79 Å². The van der Waals surface area contributed by atoms with Gasteiger partial charge in [-0.2, -0.15) is 0 Å². The number of hydrogen-bond acceptors (Lipinski definition) is 7. The van der Waals surface area contributed by atoms with Gasteiger partial charge in [0.2, 0.25) is 0 Å². The first kappa shape index (κ1) is 22.5. The van der Waals surface area contributed by atoms with Gasteiger partial charge >= 0.3 is 0 Å². The van der Waals surface area contributed by atoms with Crippen LogP contribution in [-0.4, -0.2) is 32.6 Å². The molecule has 1 saturated carbocycles. The standard InChI is InChI=1S/C27H27N7O/c28-24(23-25(29)31-16-32-26(23)33-20-6-2-3-7-20)19-11-9-17(10-12-19)15-30-27(35)22-14-13-18-5-1-4-8-21(18)34-22/h1,4-5,8-14,16,20,28H,2-3,6-7,15H2,(H,30,35)(H3,29,31,32,33). The van der Waals surface area contributed by atoms with Crippen LogP contribution in [0.5, 0.6) is 0 Å². The number of fused-ring (bicyclic) bond motifs is 1. The molecule has 0 bridgehead atoms. The molecule has 2 aromatic carbocycles. The van der Waals surface area contributed by atoms with Crippen LogP contribution >= 0.6 is 0 Å². The maximum absolute atomic E-state index is 12.6. The number of nitrogens with zero attached hydrogens (tertiary/aromatic N) is 3. The number of amides is 1. The highest BCUT2D eigenvalue weighted by Gasteiger charge is 2.21. The van der Waals surface area contributed by atoms with Crippen molar-refractivity contribution in [1.29, 1.82) is 5.41 Å². The minimum Gasteiger partial charge on any atom is -0.383 e. The van der Waals surface area contributed by atoms with Crippen LogP contribution in [0.25, 0.3) is 10.9 Å². The molecule has 1 aliphatic rings. The van der Waals surface area contributed by atoms with Crippen LogP contribution in [0.4, 0.5) is 11.6 Å². The highest BCUT2D eigenvalue weighted by Crippen LogP contribution is 2.26. The van der Waals surface area contributed by atoms with E-state index in [1.165, 1.54) is 19.2 Å². The highest BCUT2D eigenvalue weighted by molar-refractivity contribution is 6.16. The molecule has 176 valence electrons. The van der Waals surface area contributed by atoms with Crippen LogP contribution < -0.4 is 16.4 Å². The van der Waals surface area contributed by atoms with Crippen LogP contribution in [0.2, 0.25) is 0 Å². The Bertz CT molecular complexity index is 1380. The van der Waals surface area contributed by atoms with Gasteiger partial charge in [0, 0.05) is 23.5 Å². The zero-order valence-electron chi connectivity index (χ0n) is 19.3. The van der Waals surface area contributed by atoms with Gasteiger partial charge in [-0.3, -0.25) is 10.2 Å². The zero-order chi connectivity index (χ0) is 24.2. The van der Waals surface area contributed by atoms with Gasteiger partial charge in [-0.1, -0.05) is 61.4 Å². The molecule has 2 heterocycles. The molecule has 0 saturated heterocycles. The summed E-state index contributed by atoms with van der Waals surface area (Å²) in [6, 6.07) is 19.2. The minimum atomic E-state index is -0.232. The van der Waals surface area contributed by atoms with Gasteiger partial charge in [-0.05, 0) is 30.5 Å². The topological polar surface area (TPSA) is 130 Å². The van der Waals surface area contributed by atoms with E-state index in [9.17, 15) is 4.79 Å². The summed E-state index contributed by atoms with van der Waals surface area (Å²) in [6.07, 6.45) is 6.00. The van der Waals surface area contributed by atoms with E-state index in [0.29, 0.717) is 35.2 Å². The van der Waals surface area contributed by atoms with Gasteiger partial charge in [0.1, 0.15) is 23.7 Å². The van der Waals surface area contributed by atoms with E-state index in [0.717, 1.165) is 29.3 Å². The Labute approximate surface area is 203 Å². The first-order valence-corrected chi connectivity index (χ1v) is 11.8. The van der Waals surface area contributed by atoms with Crippen molar-refractivity contribution in [2.75, 3.05) is 11.1 Å². The highest BCUT2D eigenvalue weighted by atomic mass is 16.1. The van der Waals surface area contributed by atoms with Crippen LogP contribution in [0.1, 0.15) is 52.9 Å². The molecule has 0 aliphatic heterocycles. The molecule has 1 amide bonds. The van der Waals surface area contributed by atoms with Gasteiger partial charge in [0.15, 0.2) is 0 Å². The second-order valence-electron chi connectivity index (χ2n) is 8.75. The summed E-state index contributed by atoms with van der Waals surface area (Å²) >= 11 is 0. The number of anilines is 2. The minimum absolute atomic E-state index is 0.232. The summed E-state index contributed by atoms with van der Waals surface area (Å²) in [7, 11) is 0. The van der Waals surface area contributed by atoms with Gasteiger partial charge < -0.3 is 16.4 Å². The van der Waals surface area contributed by atoms with Gasteiger partial charge in [-0.15, -0.1) is 0 Å². The smallest absolute Gasteiger partial charge is 0.270 e. The van der Waals surface area contributed by atoms with Crippen LogP contribution in [-0.2, 0) is 6.54 Å². The molecule has 0 unspecified atom stereocenters. The third kappa shape index (κ3) is 4.96. The van der Waals surface area contributed by atoms with E-state index in [-0.39, 0.29) is 17.4 Å². The average molecular weight is 466 g/mol. The van der Waals surface area contributed by atoms with Gasteiger partial charge in [0.25, 0.3) is 5.91 Å². The Morgan fingerprint density at radius 2 is 1.77 bits per heavy atom. The second-order valence-corrected chi connectivity index (χ2v) is 8.75. The van der Waals surface area contributed by atoms with Crippen LogP contribution in [0.3, 0.4) is 0 Å². The molecular weight excluding hydrogens is 438 g/mol. The molecule has 0 spiro atoms. The fraction of sp³-hybridized carbons (Fsp3) is 0.222. The SMILES string of the molecule is N=C(c1ccc(CNC(=O)c2ccc3ccccc3n2)cc1)c1c(N)ncnc1NC1CCCC1. The summed E-state index contributed by atoms with van der Waals surface area (Å²) in [5.41, 5.74) is 9.71. The summed E-state index contributed by atoms with van der Waals surface area (Å²) in [6.45, 7) is 0.353. The Balaban J connectivity index is 1.26. The number of carbonyl (C=O) groups is 1. The fourth-order valence-corrected chi connectivity index (χ4v) is 4.42. The van der Waals surface area contributed by atoms with Crippen molar-refractivity contribution in [1.82, 2.24) is 20.3 Å². The quantitative estimate of drug-likeness (QED) is 0.301. The normalized spacial score (nSPS) is 13.6. The fourth-order valence-electron chi connectivity index (χ4n) is 4.42. The largest absolute Gasteiger partial charge is 0.383 e. The van der Waals surface area contributed by atoms with E-state index in [4.69, 9.17) is 11.1 Å². The van der Waals surface area contributed by atoms with E-state index >= 15 is 0 Å². The lowest BCUT2D eigenvalue weighted by molar-refractivity contribution is 0.0946. The van der Waals surface area contributed by atoms with Crippen molar-refractivity contribution in [3.05, 3.63) is 89.4 Å². The van der Waals surface area contributed by atoms with Crippen molar-refractivity contribution in [3.8, 4) is 0 Å². The second kappa shape index (κ2) is 9.89. The number of carbonyl (C=O) groups excluding carboxylic acids is 1. The number of benzene rings is 2. The molecule has 5 N–H and O–H groups in total. The number of nitrogens with one attached hydrogen (secondary N) is 3. The third-order valence-corrected chi connectivity index (χ3v) is 6.35. The summed E-state index contributed by atoms with van der Waals surface area (Å²) < 4.78 is 0. The number of nitrogen functional groups attached to an aromatic ring is 1. The van der Waals surface area contributed by atoms with Gasteiger partial charge in [0.05, 0.1) is 16.8 Å². The van der Waals surface area contributed by atoms with E-state index < -0.39 is 0 Å². The lowest BCUT2D eigenvalue weighted by Crippen LogP contribution is -2.23. The molecule has 0 radical (unpaired) electrons. The summed E-state index contributed by atoms with van der Waals surface area (Å²) in [4.78, 5) is 25.5. The molecule has 5 rings (SSSR count). The Morgan fingerprint density at radius 1 is 1.00 bits per heavy atom. The monoisotopic (exact) mass is 465 g/mol. The van der Waals surface area contributed by atoms with E-state index in [1.807, 2.05) is 54.6 Å². The lowest BCUT2D eigenvalue weighted by atomic mass is 10.0. The molecule has 4 aromatic rings. The van der Waals surface area contributed by atoms with Crippen molar-refractivity contribution >= 4 is 34.2 Å². The van der Waals surface area contributed by atoms with Gasteiger partial charge in [-0.25, -0.2) is 15.0 Å². The lowest BCUT2D eigenvalue weighted by Gasteiger charge is -2.17. The molecule has 1 aliphatic carbocycles. The van der Waals surface area contributed by atoms with Crippen molar-refractivity contribution in [2.45, 2.75) is 38.3 Å². The zero-order valence-corrected chi connectivity index (χ0v) is 19.3. The number of hydrogen-bond donors (Lipinski definition) is 4. The molecular formula is C27H27N7O. The number of pyridine rings is 1. The van der Waals surface area contributed by atoms with Crippen LogP contribution in [0, 0.1) is 5.41 Å². The molecule has 1 fully saturated rings. The van der Waals surface area contributed by atoms with E-state index in [1.54, 1.807) is 6.07 Å². The van der Waals surface area contributed by atoms with Crippen LogP contribution in [0.15, 0.2) is 67.0 Å². The molecule has 8 nitrogen and oxygen atoms in total. The van der Waals surface area contributed by atoms with Crippen molar-refractivity contribution in [3.63, 3.8) is 0 Å². The average Bonchev–Trinajstić information content (AvgIpc) is 3.40. The Hall–Kier alpha value is -4.33. The summed E-state index contributed by atoms with van der Waals surface area (Å²) in [5, 5.41) is 16.1. The Kier molecular flexibility index (Phi) is 6.34. The molecule has 0 atom stereocenters. The number of nitrogens with two attached hydrogens (primary N) is 1. The maximum Gasteiger partial charge on any atom is 0.270 e. The maximum atomic E-state index is 12.6. The van der Waals surface area contributed by atoms with E-state index in [2.05, 4.69) is 25.6 Å². The predicted molar refractivity (Wildman–Crippen MR) is 138 cm³/mol. The Morgan fingerprint density at radius 3 is 2.57 bits per heavy atom. The van der Waals surface area contributed by atoms with Crippen molar-refractivity contribution in [2.24, 2.45) is 0 Å². The summed E-state index contributed by atoms with van der Waals surface area (Å²) in [5.74, 6) is 0.655. The first-order chi connectivity index (χ1) is 17.1. The third-order valence-electron chi connectivity index (χ3n) is 6.35. The molecule has 35 heavy (non-hydrogen) atoms. The number of para-hydroxylation sites is 1. The molecule has 8 heteroatoms. The number of aromatic nitrogens is 3.